The summed E-state index contributed by atoms with van der Waals surface area (Å²) in [6.07, 6.45) is -0.774. The predicted molar refractivity (Wildman–Crippen MR) is 147 cm³/mol. The van der Waals surface area contributed by atoms with E-state index in [1.807, 2.05) is 66.7 Å². The second-order valence-corrected chi connectivity index (χ2v) is 15.6. The molecular weight excluding hydrogens is 470 g/mol. The number of amides is 1. The molecule has 1 N–H and O–H groups in total. The fourth-order valence-corrected chi connectivity index (χ4v) is 4.57. The number of anilines is 1. The van der Waals surface area contributed by atoms with Crippen LogP contribution in [0.5, 0.6) is 5.75 Å². The quantitative estimate of drug-likeness (QED) is 0.231. The number of carbonyl (C=O) groups is 1. The molecule has 0 aliphatic heterocycles. The Balaban J connectivity index is 2.10. The van der Waals surface area contributed by atoms with Crippen LogP contribution < -0.4 is 4.90 Å². The zero-order valence-corrected chi connectivity index (χ0v) is 22.9. The van der Waals surface area contributed by atoms with E-state index in [0.29, 0.717) is 24.4 Å². The van der Waals surface area contributed by atoms with Gasteiger partial charge in [-0.25, -0.2) is 4.79 Å². The molecule has 1 amide bonds. The van der Waals surface area contributed by atoms with E-state index >= 15 is 0 Å². The third kappa shape index (κ3) is 7.68. The number of carbonyl (C=O) groups excluding carboxylic acids is 1. The molecule has 0 atom stereocenters. The second kappa shape index (κ2) is 12.7. The molecule has 0 spiro atoms. The van der Waals surface area contributed by atoms with Gasteiger partial charge in [0.15, 0.2) is 6.29 Å². The SMILES string of the molecule is COC(Cc1c(O)cc(-c2ccccc2)cc1N(Cc1ccccc1)C(=O)OCC[Si](C)(C)C)OC. The summed E-state index contributed by atoms with van der Waals surface area (Å²) in [6.45, 7) is 7.40. The lowest BCUT2D eigenvalue weighted by atomic mass is 9.98. The Morgan fingerprint density at radius 1 is 0.917 bits per heavy atom. The average molecular weight is 508 g/mol. The number of rotatable bonds is 11. The summed E-state index contributed by atoms with van der Waals surface area (Å²) in [4.78, 5) is 15.1. The first-order valence-electron chi connectivity index (χ1n) is 12.2. The maximum absolute atomic E-state index is 13.5. The Bertz CT molecular complexity index is 1110. The van der Waals surface area contributed by atoms with Crippen molar-refractivity contribution >= 4 is 19.9 Å². The standard InChI is InChI=1S/C29H37NO5Si/c1-33-28(34-2)20-25-26(18-24(19-27(25)31)23-14-10-7-11-15-23)30(21-22-12-8-6-9-13-22)29(32)35-16-17-36(3,4)5/h6-15,18-19,28,31H,16-17,20-21H2,1-5H3. The molecule has 3 aromatic rings. The predicted octanol–water partition coefficient (Wildman–Crippen LogP) is 6.70. The molecule has 3 rings (SSSR count). The Labute approximate surface area is 215 Å². The van der Waals surface area contributed by atoms with Crippen molar-refractivity contribution < 1.29 is 24.1 Å². The summed E-state index contributed by atoms with van der Waals surface area (Å²) in [5.74, 6) is 0.0680. The lowest BCUT2D eigenvalue weighted by molar-refractivity contribution is -0.100. The molecule has 0 saturated heterocycles. The second-order valence-electron chi connectivity index (χ2n) is 9.96. The number of nitrogens with zero attached hydrogens (tertiary/aromatic N) is 1. The van der Waals surface area contributed by atoms with Crippen molar-refractivity contribution in [2.24, 2.45) is 0 Å². The molecule has 0 fully saturated rings. The largest absolute Gasteiger partial charge is 0.508 e. The van der Waals surface area contributed by atoms with E-state index in [4.69, 9.17) is 14.2 Å². The fraction of sp³-hybridized carbons (Fsp3) is 0.345. The molecule has 0 saturated carbocycles. The number of aromatic hydroxyl groups is 1. The van der Waals surface area contributed by atoms with Gasteiger partial charge in [-0.1, -0.05) is 80.3 Å². The van der Waals surface area contributed by atoms with Crippen LogP contribution in [0.3, 0.4) is 0 Å². The molecule has 192 valence electrons. The van der Waals surface area contributed by atoms with E-state index in [9.17, 15) is 9.90 Å². The van der Waals surface area contributed by atoms with Crippen LogP contribution in [0.1, 0.15) is 11.1 Å². The van der Waals surface area contributed by atoms with E-state index in [2.05, 4.69) is 19.6 Å². The molecular formula is C29H37NO5Si. The summed E-state index contributed by atoms with van der Waals surface area (Å²) in [7, 11) is 1.72. The van der Waals surface area contributed by atoms with Gasteiger partial charge < -0.3 is 19.3 Å². The van der Waals surface area contributed by atoms with E-state index in [1.54, 1.807) is 25.2 Å². The van der Waals surface area contributed by atoms with Crippen LogP contribution in [0.15, 0.2) is 72.8 Å². The number of hydrogen-bond acceptors (Lipinski definition) is 5. The molecule has 0 heterocycles. The molecule has 36 heavy (non-hydrogen) atoms. The Hall–Kier alpha value is -3.13. The van der Waals surface area contributed by atoms with Crippen LogP contribution in [-0.2, 0) is 27.2 Å². The van der Waals surface area contributed by atoms with Crippen molar-refractivity contribution in [3.8, 4) is 16.9 Å². The molecule has 0 aliphatic carbocycles. The Morgan fingerprint density at radius 3 is 2.11 bits per heavy atom. The molecule has 0 unspecified atom stereocenters. The van der Waals surface area contributed by atoms with Crippen molar-refractivity contribution in [1.29, 1.82) is 0 Å². The Morgan fingerprint density at radius 2 is 1.53 bits per heavy atom. The van der Waals surface area contributed by atoms with Gasteiger partial charge in [0.05, 0.1) is 18.8 Å². The number of hydrogen-bond donors (Lipinski definition) is 1. The summed E-state index contributed by atoms with van der Waals surface area (Å²) < 4.78 is 16.6. The van der Waals surface area contributed by atoms with Gasteiger partial charge in [-0.05, 0) is 34.9 Å². The molecule has 0 radical (unpaired) electrons. The minimum Gasteiger partial charge on any atom is -0.508 e. The third-order valence-corrected chi connectivity index (χ3v) is 7.68. The zero-order chi connectivity index (χ0) is 26.1. The van der Waals surface area contributed by atoms with E-state index in [0.717, 1.165) is 22.7 Å². The van der Waals surface area contributed by atoms with Gasteiger partial charge in [0.25, 0.3) is 0 Å². The minimum atomic E-state index is -1.39. The number of ether oxygens (including phenoxy) is 3. The van der Waals surface area contributed by atoms with Crippen molar-refractivity contribution in [1.82, 2.24) is 0 Å². The molecule has 7 heteroatoms. The molecule has 0 aliphatic rings. The highest BCUT2D eigenvalue weighted by molar-refractivity contribution is 6.76. The number of methoxy groups -OCH3 is 2. The van der Waals surface area contributed by atoms with Crippen LogP contribution in [-0.4, -0.2) is 46.4 Å². The molecule has 6 nitrogen and oxygen atoms in total. The van der Waals surface area contributed by atoms with Crippen LogP contribution in [0, 0.1) is 0 Å². The van der Waals surface area contributed by atoms with Crippen molar-refractivity contribution in [2.75, 3.05) is 25.7 Å². The lowest BCUT2D eigenvalue weighted by Gasteiger charge is -2.28. The van der Waals surface area contributed by atoms with Gasteiger partial charge in [-0.3, -0.25) is 4.90 Å². The van der Waals surface area contributed by atoms with Crippen molar-refractivity contribution in [3.05, 3.63) is 83.9 Å². The first-order valence-corrected chi connectivity index (χ1v) is 15.9. The van der Waals surface area contributed by atoms with Gasteiger partial charge in [0.2, 0.25) is 0 Å². The first kappa shape index (κ1) is 27.5. The van der Waals surface area contributed by atoms with Crippen LogP contribution in [0.2, 0.25) is 25.7 Å². The van der Waals surface area contributed by atoms with E-state index < -0.39 is 20.5 Å². The van der Waals surface area contributed by atoms with E-state index in [1.165, 1.54) is 0 Å². The number of benzene rings is 3. The molecule has 3 aromatic carbocycles. The summed E-state index contributed by atoms with van der Waals surface area (Å²) in [5, 5.41) is 11.2. The normalized spacial score (nSPS) is 11.5. The third-order valence-electron chi connectivity index (χ3n) is 5.98. The fourth-order valence-electron chi connectivity index (χ4n) is 3.86. The van der Waals surface area contributed by atoms with Crippen LogP contribution in [0.4, 0.5) is 10.5 Å². The maximum atomic E-state index is 13.5. The van der Waals surface area contributed by atoms with Gasteiger partial charge in [0.1, 0.15) is 5.75 Å². The highest BCUT2D eigenvalue weighted by Crippen LogP contribution is 2.37. The maximum Gasteiger partial charge on any atom is 0.414 e. The highest BCUT2D eigenvalue weighted by Gasteiger charge is 2.26. The van der Waals surface area contributed by atoms with Crippen LogP contribution >= 0.6 is 0 Å². The lowest BCUT2D eigenvalue weighted by Crippen LogP contribution is -2.34. The molecule has 0 bridgehead atoms. The van der Waals surface area contributed by atoms with Gasteiger partial charge in [-0.2, -0.15) is 0 Å². The zero-order valence-electron chi connectivity index (χ0n) is 21.9. The first-order chi connectivity index (χ1) is 17.2. The van der Waals surface area contributed by atoms with Gasteiger partial charge in [0, 0.05) is 34.3 Å². The minimum absolute atomic E-state index is 0.0680. The van der Waals surface area contributed by atoms with Crippen molar-refractivity contribution in [3.63, 3.8) is 0 Å². The topological polar surface area (TPSA) is 68.2 Å². The van der Waals surface area contributed by atoms with Crippen molar-refractivity contribution in [2.45, 2.75) is 44.9 Å². The van der Waals surface area contributed by atoms with Crippen LogP contribution in [0.25, 0.3) is 11.1 Å². The average Bonchev–Trinajstić information content (AvgIpc) is 2.86. The number of phenols is 1. The number of phenolic OH excluding ortho intramolecular Hbond substituents is 1. The molecule has 0 aromatic heterocycles. The summed E-state index contributed by atoms with van der Waals surface area (Å²) in [5.41, 5.74) is 3.80. The summed E-state index contributed by atoms with van der Waals surface area (Å²) in [6, 6.07) is 24.0. The van der Waals surface area contributed by atoms with Gasteiger partial charge >= 0.3 is 6.09 Å². The van der Waals surface area contributed by atoms with E-state index in [-0.39, 0.29) is 12.2 Å². The summed E-state index contributed by atoms with van der Waals surface area (Å²) >= 11 is 0. The monoisotopic (exact) mass is 507 g/mol. The smallest absolute Gasteiger partial charge is 0.414 e. The Kier molecular flexibility index (Phi) is 9.70. The highest BCUT2D eigenvalue weighted by atomic mass is 28.3. The van der Waals surface area contributed by atoms with Gasteiger partial charge in [-0.15, -0.1) is 0 Å².